The number of amides is 2. The van der Waals surface area contributed by atoms with Crippen LogP contribution in [0.15, 0.2) is 16.5 Å². The predicted molar refractivity (Wildman–Crippen MR) is 90.7 cm³/mol. The molecule has 2 aliphatic heterocycles. The Bertz CT molecular complexity index is 652. The van der Waals surface area contributed by atoms with Gasteiger partial charge in [-0.1, -0.05) is 0 Å². The van der Waals surface area contributed by atoms with Gasteiger partial charge in [-0.15, -0.1) is 0 Å². The van der Waals surface area contributed by atoms with Gasteiger partial charge in [0.2, 0.25) is 11.8 Å². The highest BCUT2D eigenvalue weighted by atomic mass is 16.5. The summed E-state index contributed by atoms with van der Waals surface area (Å²) in [7, 11) is 0. The van der Waals surface area contributed by atoms with Crippen LogP contribution in [0.4, 0.5) is 0 Å². The second kappa shape index (κ2) is 6.83. The number of likely N-dealkylation sites (tertiary alicyclic amines) is 1. The molecule has 2 amide bonds. The summed E-state index contributed by atoms with van der Waals surface area (Å²) in [5, 5.41) is 0. The lowest BCUT2D eigenvalue weighted by Gasteiger charge is -2.39. The van der Waals surface area contributed by atoms with Crippen LogP contribution in [0.1, 0.15) is 43.2 Å². The van der Waals surface area contributed by atoms with Gasteiger partial charge in [0.05, 0.1) is 19.1 Å². The van der Waals surface area contributed by atoms with E-state index in [1.54, 1.807) is 0 Å². The van der Waals surface area contributed by atoms with E-state index in [2.05, 4.69) is 0 Å². The van der Waals surface area contributed by atoms with Crippen molar-refractivity contribution < 1.29 is 18.7 Å². The Balaban J connectivity index is 1.46. The largest absolute Gasteiger partial charge is 0.464 e. The van der Waals surface area contributed by atoms with E-state index in [1.807, 2.05) is 28.9 Å². The molecule has 6 nitrogen and oxygen atoms in total. The van der Waals surface area contributed by atoms with E-state index in [-0.39, 0.29) is 29.7 Å². The number of rotatable bonds is 3. The lowest BCUT2D eigenvalue weighted by molar-refractivity contribution is -0.149. The van der Waals surface area contributed by atoms with Gasteiger partial charge < -0.3 is 19.0 Å². The maximum Gasteiger partial charge on any atom is 0.228 e. The summed E-state index contributed by atoms with van der Waals surface area (Å²) >= 11 is 0. The zero-order chi connectivity index (χ0) is 17.4. The number of nitrogens with zero attached hydrogens (tertiary/aromatic N) is 2. The summed E-state index contributed by atoms with van der Waals surface area (Å²) in [6.45, 7) is 4.87. The summed E-state index contributed by atoms with van der Waals surface area (Å²) < 4.78 is 11.3. The Morgan fingerprint density at radius 3 is 2.64 bits per heavy atom. The van der Waals surface area contributed by atoms with E-state index >= 15 is 0 Å². The van der Waals surface area contributed by atoms with Gasteiger partial charge in [-0.05, 0) is 44.7 Å². The fourth-order valence-electron chi connectivity index (χ4n) is 3.94. The predicted octanol–water partition coefficient (Wildman–Crippen LogP) is 2.14. The van der Waals surface area contributed by atoms with Gasteiger partial charge in [0.1, 0.15) is 17.6 Å². The molecular formula is C19H26N2O4. The topological polar surface area (TPSA) is 63.0 Å². The summed E-state index contributed by atoms with van der Waals surface area (Å²) in [5.74, 6) is 2.12. The molecule has 2 atom stereocenters. The molecule has 25 heavy (non-hydrogen) atoms. The van der Waals surface area contributed by atoms with Crippen molar-refractivity contribution in [3.63, 3.8) is 0 Å². The molecule has 1 aromatic rings. The Kier molecular flexibility index (Phi) is 4.54. The normalized spacial score (nSPS) is 27.4. The maximum atomic E-state index is 13.2. The van der Waals surface area contributed by atoms with Crippen molar-refractivity contribution in [3.8, 4) is 0 Å². The minimum atomic E-state index is -0.163. The van der Waals surface area contributed by atoms with E-state index in [9.17, 15) is 9.59 Å². The fourth-order valence-corrected chi connectivity index (χ4v) is 3.94. The molecule has 0 radical (unpaired) electrons. The first-order valence-corrected chi connectivity index (χ1v) is 9.37. The zero-order valence-corrected chi connectivity index (χ0v) is 14.8. The van der Waals surface area contributed by atoms with Crippen molar-refractivity contribution in [1.29, 1.82) is 0 Å². The van der Waals surface area contributed by atoms with Gasteiger partial charge in [-0.2, -0.15) is 0 Å². The molecule has 1 aromatic heterocycles. The Labute approximate surface area is 148 Å². The lowest BCUT2D eigenvalue weighted by Crippen LogP contribution is -2.50. The van der Waals surface area contributed by atoms with Crippen LogP contribution >= 0.6 is 0 Å². The first-order chi connectivity index (χ1) is 12.1. The number of hydrogen-bond donors (Lipinski definition) is 0. The SMILES string of the molecule is Cc1ccc([C@H]2COCCN2C(=O)[C@@H]2CCCN(C(=O)C3CC3)C2)o1. The van der Waals surface area contributed by atoms with Crippen molar-refractivity contribution in [2.75, 3.05) is 32.8 Å². The molecule has 6 heteroatoms. The van der Waals surface area contributed by atoms with E-state index in [4.69, 9.17) is 9.15 Å². The second-order valence-corrected chi connectivity index (χ2v) is 7.47. The van der Waals surface area contributed by atoms with E-state index < -0.39 is 0 Å². The standard InChI is InChI=1S/C19H26N2O4/c1-13-4-7-17(25-13)16-12-24-10-9-21(16)19(23)15-3-2-8-20(11-15)18(22)14-5-6-14/h4,7,14-16H,2-3,5-6,8-12H2,1H3/t15-,16-/m1/s1. The highest BCUT2D eigenvalue weighted by molar-refractivity contribution is 5.83. The van der Waals surface area contributed by atoms with Crippen LogP contribution in [-0.2, 0) is 14.3 Å². The molecule has 0 bridgehead atoms. The molecular weight excluding hydrogens is 320 g/mol. The molecule has 3 aliphatic rings. The minimum absolute atomic E-state index is 0.104. The summed E-state index contributed by atoms with van der Waals surface area (Å²) in [5.41, 5.74) is 0. The number of hydrogen-bond acceptors (Lipinski definition) is 4. The Morgan fingerprint density at radius 1 is 1.08 bits per heavy atom. The van der Waals surface area contributed by atoms with Gasteiger partial charge in [0.25, 0.3) is 0 Å². The quantitative estimate of drug-likeness (QED) is 0.841. The first kappa shape index (κ1) is 16.6. The summed E-state index contributed by atoms with van der Waals surface area (Å²) in [4.78, 5) is 29.4. The zero-order valence-electron chi connectivity index (χ0n) is 14.8. The molecule has 136 valence electrons. The van der Waals surface area contributed by atoms with Crippen LogP contribution in [0.5, 0.6) is 0 Å². The van der Waals surface area contributed by atoms with E-state index in [0.29, 0.717) is 26.3 Å². The number of piperidine rings is 1. The molecule has 0 N–H and O–H groups in total. The van der Waals surface area contributed by atoms with Crippen LogP contribution in [0.2, 0.25) is 0 Å². The smallest absolute Gasteiger partial charge is 0.228 e. The van der Waals surface area contributed by atoms with Crippen molar-refractivity contribution in [3.05, 3.63) is 23.7 Å². The number of carbonyl (C=O) groups is 2. The minimum Gasteiger partial charge on any atom is -0.464 e. The Hall–Kier alpha value is -1.82. The van der Waals surface area contributed by atoms with E-state index in [1.165, 1.54) is 0 Å². The fraction of sp³-hybridized carbons (Fsp3) is 0.684. The number of carbonyl (C=O) groups excluding carboxylic acids is 2. The lowest BCUT2D eigenvalue weighted by atomic mass is 9.95. The van der Waals surface area contributed by atoms with Crippen LogP contribution in [0.25, 0.3) is 0 Å². The van der Waals surface area contributed by atoms with Crippen LogP contribution < -0.4 is 0 Å². The van der Waals surface area contributed by atoms with Gasteiger partial charge in [0, 0.05) is 25.6 Å². The van der Waals surface area contributed by atoms with Crippen LogP contribution in [-0.4, -0.2) is 54.5 Å². The van der Waals surface area contributed by atoms with Crippen molar-refractivity contribution >= 4 is 11.8 Å². The molecule has 0 aromatic carbocycles. The monoisotopic (exact) mass is 346 g/mol. The third-order valence-corrected chi connectivity index (χ3v) is 5.51. The molecule has 1 aliphatic carbocycles. The van der Waals surface area contributed by atoms with Crippen molar-refractivity contribution in [2.24, 2.45) is 11.8 Å². The molecule has 4 rings (SSSR count). The van der Waals surface area contributed by atoms with Crippen LogP contribution in [0, 0.1) is 18.8 Å². The van der Waals surface area contributed by atoms with Crippen molar-refractivity contribution in [2.45, 2.75) is 38.6 Å². The number of furan rings is 1. The molecule has 0 unspecified atom stereocenters. The van der Waals surface area contributed by atoms with Gasteiger partial charge in [0.15, 0.2) is 0 Å². The van der Waals surface area contributed by atoms with Gasteiger partial charge in [-0.3, -0.25) is 9.59 Å². The number of aryl methyl sites for hydroxylation is 1. The average molecular weight is 346 g/mol. The Morgan fingerprint density at radius 2 is 1.92 bits per heavy atom. The maximum absolute atomic E-state index is 13.2. The van der Waals surface area contributed by atoms with E-state index in [0.717, 1.165) is 43.7 Å². The average Bonchev–Trinajstić information content (AvgIpc) is 3.41. The molecule has 3 fully saturated rings. The molecule has 3 heterocycles. The summed E-state index contributed by atoms with van der Waals surface area (Å²) in [6.07, 6.45) is 3.78. The number of morpholine rings is 1. The van der Waals surface area contributed by atoms with Crippen molar-refractivity contribution in [1.82, 2.24) is 9.80 Å². The highest BCUT2D eigenvalue weighted by Gasteiger charge is 2.39. The highest BCUT2D eigenvalue weighted by Crippen LogP contribution is 2.34. The first-order valence-electron chi connectivity index (χ1n) is 9.37. The third kappa shape index (κ3) is 3.45. The molecule has 0 spiro atoms. The number of ether oxygens (including phenoxy) is 1. The summed E-state index contributed by atoms with van der Waals surface area (Å²) in [6, 6.07) is 3.69. The molecule has 2 saturated heterocycles. The third-order valence-electron chi connectivity index (χ3n) is 5.51. The van der Waals surface area contributed by atoms with Gasteiger partial charge >= 0.3 is 0 Å². The van der Waals surface area contributed by atoms with Crippen LogP contribution in [0.3, 0.4) is 0 Å². The molecule has 1 saturated carbocycles. The second-order valence-electron chi connectivity index (χ2n) is 7.47. The van der Waals surface area contributed by atoms with Gasteiger partial charge in [-0.25, -0.2) is 0 Å².